The molecule has 1 atom stereocenters. The van der Waals surface area contributed by atoms with Crippen molar-refractivity contribution in [2.45, 2.75) is 43.7 Å². The van der Waals surface area contributed by atoms with E-state index in [1.807, 2.05) is 39.9 Å². The fourth-order valence-corrected chi connectivity index (χ4v) is 5.83. The number of benzene rings is 1. The summed E-state index contributed by atoms with van der Waals surface area (Å²) in [5, 5.41) is 12.6. The van der Waals surface area contributed by atoms with Crippen LogP contribution in [-0.2, 0) is 11.3 Å². The van der Waals surface area contributed by atoms with E-state index in [0.29, 0.717) is 24.6 Å². The van der Waals surface area contributed by atoms with Crippen molar-refractivity contribution in [1.82, 2.24) is 14.2 Å². The number of aryl methyl sites for hydroxylation is 1. The van der Waals surface area contributed by atoms with Gasteiger partial charge in [-0.15, -0.1) is 11.3 Å². The number of nitriles is 1. The Balaban J connectivity index is 1.47. The Bertz CT molecular complexity index is 1040. The Hall–Kier alpha value is -2.27. The van der Waals surface area contributed by atoms with Crippen molar-refractivity contribution >= 4 is 39.3 Å². The molecule has 1 aromatic carbocycles. The number of carbonyl (C=O) groups is 1. The molecule has 1 aliphatic rings. The van der Waals surface area contributed by atoms with Crippen LogP contribution in [0.1, 0.15) is 31.9 Å². The second-order valence-electron chi connectivity index (χ2n) is 7.86. The van der Waals surface area contributed by atoms with Crippen LogP contribution in [0.3, 0.4) is 0 Å². The van der Waals surface area contributed by atoms with E-state index in [2.05, 4.69) is 35.2 Å². The van der Waals surface area contributed by atoms with Gasteiger partial charge in [0, 0.05) is 46.2 Å². The third-order valence-corrected chi connectivity index (χ3v) is 7.83. The average molecular weight is 439 g/mol. The normalized spacial score (nSPS) is 15.9. The van der Waals surface area contributed by atoms with Crippen molar-refractivity contribution in [1.29, 1.82) is 5.26 Å². The highest BCUT2D eigenvalue weighted by Gasteiger charge is 2.27. The summed E-state index contributed by atoms with van der Waals surface area (Å²) in [6, 6.07) is 13.9. The molecule has 0 spiro atoms. The summed E-state index contributed by atoms with van der Waals surface area (Å²) >= 11 is 3.27. The molecule has 0 radical (unpaired) electrons. The van der Waals surface area contributed by atoms with Gasteiger partial charge in [0.25, 0.3) is 0 Å². The smallest absolute Gasteiger partial charge is 0.240 e. The van der Waals surface area contributed by atoms with Crippen molar-refractivity contribution < 1.29 is 4.79 Å². The molecule has 0 saturated carbocycles. The van der Waals surface area contributed by atoms with Crippen molar-refractivity contribution in [3.8, 4) is 6.07 Å². The first-order valence-electron chi connectivity index (χ1n) is 10.4. The minimum atomic E-state index is -0.295. The maximum Gasteiger partial charge on any atom is 0.240 e. The number of amides is 1. The van der Waals surface area contributed by atoms with E-state index in [1.165, 1.54) is 10.1 Å². The van der Waals surface area contributed by atoms with Crippen LogP contribution in [0.2, 0.25) is 0 Å². The molecule has 1 fully saturated rings. The number of hydrogen-bond donors (Lipinski definition) is 1. The minimum absolute atomic E-state index is 0.166. The molecular weight excluding hydrogens is 412 g/mol. The highest BCUT2D eigenvalue weighted by molar-refractivity contribution is 7.97. The van der Waals surface area contributed by atoms with Crippen LogP contribution in [0.15, 0.2) is 52.9 Å². The Morgan fingerprint density at radius 2 is 2.10 bits per heavy atom. The summed E-state index contributed by atoms with van der Waals surface area (Å²) < 4.78 is 6.63. The van der Waals surface area contributed by atoms with Crippen LogP contribution < -0.4 is 4.72 Å². The number of carbonyl (C=O) groups excluding carboxylic acids is 1. The Morgan fingerprint density at radius 1 is 1.30 bits per heavy atom. The maximum absolute atomic E-state index is 13.3. The van der Waals surface area contributed by atoms with Crippen molar-refractivity contribution in [3.05, 3.63) is 53.7 Å². The van der Waals surface area contributed by atoms with E-state index in [1.54, 1.807) is 23.3 Å². The zero-order chi connectivity index (χ0) is 20.9. The molecule has 1 aliphatic heterocycles. The Labute approximate surface area is 185 Å². The second kappa shape index (κ2) is 9.69. The number of aromatic nitrogens is 1. The summed E-state index contributed by atoms with van der Waals surface area (Å²) in [6.45, 7) is 4.55. The lowest BCUT2D eigenvalue weighted by atomic mass is 9.98. The Morgan fingerprint density at radius 3 is 2.90 bits per heavy atom. The highest BCUT2D eigenvalue weighted by Crippen LogP contribution is 2.32. The zero-order valence-corrected chi connectivity index (χ0v) is 18.7. The molecule has 4 rings (SSSR count). The van der Waals surface area contributed by atoms with Gasteiger partial charge in [-0.2, -0.15) is 5.26 Å². The SMILES string of the molecule is CC1CCN(C(=O)C(CCn2cccc2C#N)NSc2csc3ccccc23)CC1. The fraction of sp³-hybridized carbons (Fsp3) is 0.391. The molecule has 156 valence electrons. The standard InChI is InChI=1S/C23H26N4OS2/c1-17-8-12-27(13-9-17)23(28)20(10-14-26-11-4-5-18(26)15-24)25-30-22-16-29-21-7-3-2-6-19(21)22/h2-7,11,16-17,20,25H,8-10,12-14H2,1H3. The van der Waals surface area contributed by atoms with Gasteiger partial charge in [0.15, 0.2) is 0 Å². The van der Waals surface area contributed by atoms with Crippen molar-refractivity contribution in [3.63, 3.8) is 0 Å². The van der Waals surface area contributed by atoms with E-state index in [0.717, 1.165) is 30.8 Å². The Kier molecular flexibility index (Phi) is 6.78. The molecule has 1 N–H and O–H groups in total. The summed E-state index contributed by atoms with van der Waals surface area (Å²) in [5.74, 6) is 0.852. The first kappa shape index (κ1) is 21.0. The van der Waals surface area contributed by atoms with Gasteiger partial charge in [0.1, 0.15) is 11.8 Å². The molecule has 1 saturated heterocycles. The number of thiophene rings is 1. The van der Waals surface area contributed by atoms with Crippen LogP contribution in [0.4, 0.5) is 0 Å². The van der Waals surface area contributed by atoms with Gasteiger partial charge in [0.05, 0.1) is 6.04 Å². The quantitative estimate of drug-likeness (QED) is 0.534. The molecule has 0 bridgehead atoms. The molecule has 1 amide bonds. The molecule has 1 unspecified atom stereocenters. The van der Waals surface area contributed by atoms with Crippen molar-refractivity contribution in [2.24, 2.45) is 5.92 Å². The number of nitrogens with zero attached hydrogens (tertiary/aromatic N) is 3. The lowest BCUT2D eigenvalue weighted by molar-refractivity contribution is -0.134. The molecule has 3 aromatic rings. The zero-order valence-electron chi connectivity index (χ0n) is 17.1. The van der Waals surface area contributed by atoms with Gasteiger partial charge in [-0.1, -0.05) is 25.1 Å². The summed E-state index contributed by atoms with van der Waals surface area (Å²) in [6.07, 6.45) is 4.68. The summed E-state index contributed by atoms with van der Waals surface area (Å²) in [4.78, 5) is 16.5. The summed E-state index contributed by atoms with van der Waals surface area (Å²) in [7, 11) is 0. The van der Waals surface area contributed by atoms with E-state index in [9.17, 15) is 10.1 Å². The molecule has 3 heterocycles. The number of hydrogen-bond acceptors (Lipinski definition) is 5. The van der Waals surface area contributed by atoms with Crippen LogP contribution in [-0.4, -0.2) is 34.5 Å². The number of rotatable bonds is 7. The van der Waals surface area contributed by atoms with E-state index < -0.39 is 0 Å². The molecule has 7 heteroatoms. The van der Waals surface area contributed by atoms with E-state index in [4.69, 9.17) is 0 Å². The second-order valence-corrected chi connectivity index (χ2v) is 9.65. The summed E-state index contributed by atoms with van der Waals surface area (Å²) in [5.41, 5.74) is 0.629. The molecule has 0 aliphatic carbocycles. The molecular formula is C23H26N4OS2. The molecule has 2 aromatic heterocycles. The van der Waals surface area contributed by atoms with Gasteiger partial charge >= 0.3 is 0 Å². The number of piperidine rings is 1. The minimum Gasteiger partial charge on any atom is -0.341 e. The fourth-order valence-electron chi connectivity index (χ4n) is 3.83. The van der Waals surface area contributed by atoms with Gasteiger partial charge in [-0.05, 0) is 55.3 Å². The number of fused-ring (bicyclic) bond motifs is 1. The van der Waals surface area contributed by atoms with Crippen LogP contribution >= 0.6 is 23.3 Å². The third-order valence-electron chi connectivity index (χ3n) is 5.75. The largest absolute Gasteiger partial charge is 0.341 e. The van der Waals surface area contributed by atoms with Crippen LogP contribution in [0.25, 0.3) is 10.1 Å². The lowest BCUT2D eigenvalue weighted by Crippen LogP contribution is -2.47. The first-order chi connectivity index (χ1) is 14.7. The van der Waals surface area contributed by atoms with E-state index in [-0.39, 0.29) is 11.9 Å². The monoisotopic (exact) mass is 438 g/mol. The van der Waals surface area contributed by atoms with E-state index >= 15 is 0 Å². The first-order valence-corrected chi connectivity index (χ1v) is 12.1. The lowest BCUT2D eigenvalue weighted by Gasteiger charge is -2.33. The average Bonchev–Trinajstić information content (AvgIpc) is 3.40. The van der Waals surface area contributed by atoms with Gasteiger partial charge < -0.3 is 9.47 Å². The van der Waals surface area contributed by atoms with Crippen LogP contribution in [0, 0.1) is 17.2 Å². The predicted molar refractivity (Wildman–Crippen MR) is 123 cm³/mol. The number of likely N-dealkylation sites (tertiary alicyclic amines) is 1. The van der Waals surface area contributed by atoms with Crippen LogP contribution in [0.5, 0.6) is 0 Å². The highest BCUT2D eigenvalue weighted by atomic mass is 32.2. The number of nitrogens with one attached hydrogen (secondary N) is 1. The maximum atomic E-state index is 13.3. The van der Waals surface area contributed by atoms with Gasteiger partial charge in [-0.3, -0.25) is 4.79 Å². The van der Waals surface area contributed by atoms with Crippen molar-refractivity contribution in [2.75, 3.05) is 13.1 Å². The topological polar surface area (TPSA) is 61.1 Å². The molecule has 30 heavy (non-hydrogen) atoms. The molecule has 5 nitrogen and oxygen atoms in total. The van der Waals surface area contributed by atoms with Gasteiger partial charge in [-0.25, -0.2) is 4.72 Å². The predicted octanol–water partition coefficient (Wildman–Crippen LogP) is 4.89. The third kappa shape index (κ3) is 4.72. The van der Waals surface area contributed by atoms with Gasteiger partial charge in [0.2, 0.25) is 5.91 Å².